The molecule has 1 unspecified atom stereocenters. The molecule has 0 fully saturated rings. The van der Waals surface area contributed by atoms with E-state index in [1.807, 2.05) is 43.6 Å². The highest BCUT2D eigenvalue weighted by Crippen LogP contribution is 2.20. The number of aliphatic hydroxyl groups is 1. The first-order chi connectivity index (χ1) is 8.74. The fourth-order valence-corrected chi connectivity index (χ4v) is 1.78. The lowest BCUT2D eigenvalue weighted by Gasteiger charge is -2.08. The highest BCUT2D eigenvalue weighted by Gasteiger charge is 2.06. The Morgan fingerprint density at radius 1 is 1.06 bits per heavy atom. The fourth-order valence-electron chi connectivity index (χ4n) is 1.78. The van der Waals surface area contributed by atoms with Gasteiger partial charge < -0.3 is 5.11 Å². The van der Waals surface area contributed by atoms with Crippen LogP contribution in [-0.4, -0.2) is 15.1 Å². The van der Waals surface area contributed by atoms with E-state index in [-0.39, 0.29) is 6.10 Å². The molecule has 0 radical (unpaired) electrons. The van der Waals surface area contributed by atoms with Crippen LogP contribution in [0.15, 0.2) is 36.7 Å². The van der Waals surface area contributed by atoms with Crippen molar-refractivity contribution in [3.05, 3.63) is 47.8 Å². The molecule has 3 heteroatoms. The first-order valence-corrected chi connectivity index (χ1v) is 6.34. The second-order valence-electron chi connectivity index (χ2n) is 4.31. The molecule has 18 heavy (non-hydrogen) atoms. The van der Waals surface area contributed by atoms with Gasteiger partial charge in [-0.3, -0.25) is 0 Å². The highest BCUT2D eigenvalue weighted by atomic mass is 16.3. The number of hydrogen-bond acceptors (Lipinski definition) is 3. The summed E-state index contributed by atoms with van der Waals surface area (Å²) in [5.74, 6) is 0.727. The van der Waals surface area contributed by atoms with Crippen LogP contribution in [0.5, 0.6) is 0 Å². The average molecular weight is 242 g/mol. The lowest BCUT2D eigenvalue weighted by molar-refractivity contribution is 0.173. The Balaban J connectivity index is 2.22. The average Bonchev–Trinajstić information content (AvgIpc) is 2.47. The summed E-state index contributed by atoms with van der Waals surface area (Å²) < 4.78 is 0. The Labute approximate surface area is 108 Å². The summed E-state index contributed by atoms with van der Waals surface area (Å²) in [6.07, 6.45) is 5.00. The van der Waals surface area contributed by atoms with Crippen molar-refractivity contribution in [1.29, 1.82) is 0 Å². The van der Waals surface area contributed by atoms with E-state index < -0.39 is 0 Å². The van der Waals surface area contributed by atoms with E-state index >= 15 is 0 Å². The normalized spacial score (nSPS) is 12.4. The minimum atomic E-state index is -0.387. The Bertz CT molecular complexity index is 491. The Hall–Kier alpha value is -1.74. The highest BCUT2D eigenvalue weighted by molar-refractivity contribution is 5.55. The first-order valence-electron chi connectivity index (χ1n) is 6.34. The molecule has 0 amide bonds. The van der Waals surface area contributed by atoms with E-state index in [4.69, 9.17) is 0 Å². The van der Waals surface area contributed by atoms with Gasteiger partial charge in [0.15, 0.2) is 5.82 Å². The third-order valence-electron chi connectivity index (χ3n) is 3.05. The van der Waals surface area contributed by atoms with Crippen molar-refractivity contribution in [2.24, 2.45) is 0 Å². The minimum absolute atomic E-state index is 0.387. The number of benzene rings is 1. The molecule has 3 nitrogen and oxygen atoms in total. The van der Waals surface area contributed by atoms with E-state index in [9.17, 15) is 5.11 Å². The molecular formula is C15H18N2O. The number of aliphatic hydroxyl groups excluding tert-OH is 1. The van der Waals surface area contributed by atoms with Crippen LogP contribution in [0.3, 0.4) is 0 Å². The smallest absolute Gasteiger partial charge is 0.159 e. The van der Waals surface area contributed by atoms with Gasteiger partial charge in [-0.1, -0.05) is 38.1 Å². The summed E-state index contributed by atoms with van der Waals surface area (Å²) >= 11 is 0. The summed E-state index contributed by atoms with van der Waals surface area (Å²) in [6, 6.07) is 7.77. The Morgan fingerprint density at radius 3 is 2.17 bits per heavy atom. The quantitative estimate of drug-likeness (QED) is 0.895. The van der Waals surface area contributed by atoms with Crippen molar-refractivity contribution in [2.75, 3.05) is 0 Å². The molecule has 2 rings (SSSR count). The maximum Gasteiger partial charge on any atom is 0.159 e. The first kappa shape index (κ1) is 12.7. The summed E-state index contributed by atoms with van der Waals surface area (Å²) in [6.45, 7) is 4.05. The molecule has 0 aliphatic carbocycles. The maximum absolute atomic E-state index is 9.73. The molecule has 0 spiro atoms. The Morgan fingerprint density at radius 2 is 1.67 bits per heavy atom. The van der Waals surface area contributed by atoms with Gasteiger partial charge >= 0.3 is 0 Å². The van der Waals surface area contributed by atoms with Crippen molar-refractivity contribution >= 4 is 0 Å². The zero-order valence-electron chi connectivity index (χ0n) is 10.8. The molecule has 0 aliphatic heterocycles. The van der Waals surface area contributed by atoms with Gasteiger partial charge in [0.1, 0.15) is 0 Å². The van der Waals surface area contributed by atoms with E-state index in [0.29, 0.717) is 0 Å². The van der Waals surface area contributed by atoms with Crippen molar-refractivity contribution < 1.29 is 5.11 Å². The van der Waals surface area contributed by atoms with Gasteiger partial charge in [-0.25, -0.2) is 9.97 Å². The summed E-state index contributed by atoms with van der Waals surface area (Å²) in [4.78, 5) is 8.68. The minimum Gasteiger partial charge on any atom is -0.388 e. The largest absolute Gasteiger partial charge is 0.388 e. The lowest BCUT2D eigenvalue weighted by atomic mass is 10.0. The van der Waals surface area contributed by atoms with Crippen LogP contribution < -0.4 is 0 Å². The van der Waals surface area contributed by atoms with Crippen molar-refractivity contribution in [1.82, 2.24) is 9.97 Å². The van der Waals surface area contributed by atoms with Gasteiger partial charge in [-0.05, 0) is 24.0 Å². The summed E-state index contributed by atoms with van der Waals surface area (Å²) in [5, 5.41) is 9.73. The molecule has 0 saturated carbocycles. The van der Waals surface area contributed by atoms with Crippen molar-refractivity contribution in [3.8, 4) is 11.4 Å². The molecule has 94 valence electrons. The van der Waals surface area contributed by atoms with E-state index in [1.165, 1.54) is 0 Å². The standard InChI is InChI=1S/C15H18N2O/c1-3-11-9-16-15(17-10-11)13-7-5-12(6-8-13)14(18)4-2/h5-10,14,18H,3-4H2,1-2H3. The Kier molecular flexibility index (Phi) is 4.05. The van der Waals surface area contributed by atoms with Crippen LogP contribution in [0, 0.1) is 0 Å². The van der Waals surface area contributed by atoms with Crippen LogP contribution in [0.2, 0.25) is 0 Å². The summed E-state index contributed by atoms with van der Waals surface area (Å²) in [5.41, 5.74) is 3.05. The van der Waals surface area contributed by atoms with Crippen LogP contribution >= 0.6 is 0 Å². The number of aromatic nitrogens is 2. The number of rotatable bonds is 4. The zero-order chi connectivity index (χ0) is 13.0. The summed E-state index contributed by atoms with van der Waals surface area (Å²) in [7, 11) is 0. The maximum atomic E-state index is 9.73. The second kappa shape index (κ2) is 5.74. The molecule has 1 heterocycles. The molecule has 1 atom stereocenters. The molecule has 0 aliphatic rings. The number of aryl methyl sites for hydroxylation is 1. The van der Waals surface area contributed by atoms with E-state index in [0.717, 1.165) is 35.4 Å². The molecular weight excluding hydrogens is 224 g/mol. The van der Waals surface area contributed by atoms with E-state index in [2.05, 4.69) is 16.9 Å². The fraction of sp³-hybridized carbons (Fsp3) is 0.333. The van der Waals surface area contributed by atoms with Crippen LogP contribution in [-0.2, 0) is 6.42 Å². The van der Waals surface area contributed by atoms with Crippen molar-refractivity contribution in [3.63, 3.8) is 0 Å². The predicted octanol–water partition coefficient (Wildman–Crippen LogP) is 3.15. The van der Waals surface area contributed by atoms with E-state index in [1.54, 1.807) is 0 Å². The van der Waals surface area contributed by atoms with Gasteiger partial charge in [0, 0.05) is 18.0 Å². The predicted molar refractivity (Wildman–Crippen MR) is 72.1 cm³/mol. The third-order valence-corrected chi connectivity index (χ3v) is 3.05. The van der Waals surface area contributed by atoms with Gasteiger partial charge in [0.2, 0.25) is 0 Å². The topological polar surface area (TPSA) is 46.0 Å². The van der Waals surface area contributed by atoms with Crippen LogP contribution in [0.4, 0.5) is 0 Å². The number of hydrogen-bond donors (Lipinski definition) is 1. The van der Waals surface area contributed by atoms with Gasteiger partial charge in [-0.2, -0.15) is 0 Å². The zero-order valence-corrected chi connectivity index (χ0v) is 10.8. The molecule has 2 aromatic rings. The number of nitrogens with zero attached hydrogens (tertiary/aromatic N) is 2. The molecule has 0 bridgehead atoms. The van der Waals surface area contributed by atoms with Crippen LogP contribution in [0.25, 0.3) is 11.4 Å². The monoisotopic (exact) mass is 242 g/mol. The van der Waals surface area contributed by atoms with Gasteiger partial charge in [-0.15, -0.1) is 0 Å². The molecule has 0 saturated heterocycles. The van der Waals surface area contributed by atoms with Gasteiger partial charge in [0.25, 0.3) is 0 Å². The molecule has 1 aromatic carbocycles. The third kappa shape index (κ3) is 2.74. The van der Waals surface area contributed by atoms with Crippen molar-refractivity contribution in [2.45, 2.75) is 32.8 Å². The molecule has 1 aromatic heterocycles. The second-order valence-corrected chi connectivity index (χ2v) is 4.31. The lowest BCUT2D eigenvalue weighted by Crippen LogP contribution is -1.95. The molecule has 1 N–H and O–H groups in total. The van der Waals surface area contributed by atoms with Gasteiger partial charge in [0.05, 0.1) is 6.10 Å². The van der Waals surface area contributed by atoms with Crippen LogP contribution in [0.1, 0.15) is 37.5 Å². The SMILES string of the molecule is CCc1cnc(-c2ccc(C(O)CC)cc2)nc1.